The van der Waals surface area contributed by atoms with Gasteiger partial charge < -0.3 is 10.3 Å². The summed E-state index contributed by atoms with van der Waals surface area (Å²) in [5, 5.41) is 2.73. The summed E-state index contributed by atoms with van der Waals surface area (Å²) in [5.41, 5.74) is 0.721. The largest absolute Gasteiger partial charge is 0.341 e. The fourth-order valence-corrected chi connectivity index (χ4v) is 1.52. The van der Waals surface area contributed by atoms with Crippen molar-refractivity contribution in [2.75, 3.05) is 5.32 Å². The molecule has 0 bridgehead atoms. The zero-order chi connectivity index (χ0) is 10.7. The van der Waals surface area contributed by atoms with Gasteiger partial charge in [-0.05, 0) is 28.1 Å². The van der Waals surface area contributed by atoms with Crippen LogP contribution in [0, 0.1) is 0 Å². The highest BCUT2D eigenvalue weighted by molar-refractivity contribution is 9.10. The molecule has 0 radical (unpaired) electrons. The number of hydrogen-bond acceptors (Lipinski definition) is 2. The van der Waals surface area contributed by atoms with Crippen molar-refractivity contribution in [2.24, 2.45) is 0 Å². The third kappa shape index (κ3) is 2.24. The average molecular weight is 266 g/mol. The van der Waals surface area contributed by atoms with Crippen molar-refractivity contribution < 1.29 is 4.79 Å². The molecule has 1 heterocycles. The quantitative estimate of drug-likeness (QED) is 0.877. The maximum absolute atomic E-state index is 11.6. The number of amides is 1. The Hall–Kier alpha value is -1.62. The number of aromatic amines is 1. The van der Waals surface area contributed by atoms with Crippen LogP contribution < -0.4 is 5.32 Å². The summed E-state index contributed by atoms with van der Waals surface area (Å²) >= 11 is 3.34. The topological polar surface area (TPSA) is 57.8 Å². The predicted molar refractivity (Wildman–Crippen MR) is 60.7 cm³/mol. The molecule has 0 aliphatic carbocycles. The first-order valence-corrected chi connectivity index (χ1v) is 5.12. The van der Waals surface area contributed by atoms with Crippen LogP contribution in [0.5, 0.6) is 0 Å². The minimum absolute atomic E-state index is 0.257. The molecule has 0 unspecified atom stereocenters. The minimum Gasteiger partial charge on any atom is -0.341 e. The average Bonchev–Trinajstić information content (AvgIpc) is 2.74. The molecule has 1 amide bonds. The van der Waals surface area contributed by atoms with Gasteiger partial charge in [-0.3, -0.25) is 4.79 Å². The lowest BCUT2D eigenvalue weighted by Crippen LogP contribution is -2.13. The number of nitrogens with one attached hydrogen (secondary N) is 2. The van der Waals surface area contributed by atoms with E-state index in [0.717, 1.165) is 10.2 Å². The molecule has 0 atom stereocenters. The van der Waals surface area contributed by atoms with Crippen LogP contribution in [0.15, 0.2) is 41.1 Å². The lowest BCUT2D eigenvalue weighted by Gasteiger charge is -2.04. The minimum atomic E-state index is -0.257. The summed E-state index contributed by atoms with van der Waals surface area (Å²) in [6.07, 6.45) is 3.14. The zero-order valence-corrected chi connectivity index (χ0v) is 9.28. The van der Waals surface area contributed by atoms with Crippen LogP contribution in [0.3, 0.4) is 0 Å². The third-order valence-corrected chi connectivity index (χ3v) is 2.53. The van der Waals surface area contributed by atoms with Crippen molar-refractivity contribution in [2.45, 2.75) is 0 Å². The van der Waals surface area contributed by atoms with Crippen molar-refractivity contribution >= 4 is 27.5 Å². The van der Waals surface area contributed by atoms with Gasteiger partial charge in [0.05, 0.1) is 5.69 Å². The number of carbonyl (C=O) groups is 1. The molecule has 0 spiro atoms. The summed E-state index contributed by atoms with van der Waals surface area (Å²) in [6.45, 7) is 0. The highest BCUT2D eigenvalue weighted by atomic mass is 79.9. The van der Waals surface area contributed by atoms with Crippen molar-refractivity contribution in [1.29, 1.82) is 0 Å². The Balaban J connectivity index is 2.17. The van der Waals surface area contributed by atoms with Crippen LogP contribution in [0.4, 0.5) is 5.69 Å². The second kappa shape index (κ2) is 4.27. The van der Waals surface area contributed by atoms with Gasteiger partial charge >= 0.3 is 0 Å². The summed E-state index contributed by atoms with van der Waals surface area (Å²) in [4.78, 5) is 18.2. The molecule has 5 heteroatoms. The number of nitrogens with zero attached hydrogens (tertiary/aromatic N) is 1. The molecule has 76 valence electrons. The number of H-pyrrole nitrogens is 1. The van der Waals surface area contributed by atoms with Gasteiger partial charge in [-0.15, -0.1) is 0 Å². The van der Waals surface area contributed by atoms with Gasteiger partial charge in [-0.1, -0.05) is 12.1 Å². The second-order valence-corrected chi connectivity index (χ2v) is 3.73. The lowest BCUT2D eigenvalue weighted by atomic mass is 10.3. The van der Waals surface area contributed by atoms with E-state index in [0.29, 0.717) is 5.82 Å². The van der Waals surface area contributed by atoms with Crippen molar-refractivity contribution in [3.8, 4) is 0 Å². The van der Waals surface area contributed by atoms with E-state index >= 15 is 0 Å². The van der Waals surface area contributed by atoms with Gasteiger partial charge in [0.1, 0.15) is 0 Å². The van der Waals surface area contributed by atoms with Gasteiger partial charge in [0, 0.05) is 16.9 Å². The molecule has 15 heavy (non-hydrogen) atoms. The maximum atomic E-state index is 11.6. The van der Waals surface area contributed by atoms with Crippen LogP contribution in [-0.2, 0) is 0 Å². The number of para-hydroxylation sites is 1. The normalized spacial score (nSPS) is 9.93. The van der Waals surface area contributed by atoms with Crippen LogP contribution in [0.25, 0.3) is 0 Å². The zero-order valence-electron chi connectivity index (χ0n) is 7.70. The number of halogens is 1. The van der Waals surface area contributed by atoms with Gasteiger partial charge in [-0.2, -0.15) is 0 Å². The van der Waals surface area contributed by atoms with Crippen molar-refractivity contribution in [3.05, 3.63) is 47.0 Å². The smallest absolute Gasteiger partial charge is 0.291 e. The van der Waals surface area contributed by atoms with Gasteiger partial charge in [0.25, 0.3) is 5.91 Å². The molecule has 2 N–H and O–H groups in total. The summed E-state index contributed by atoms with van der Waals surface area (Å²) in [6, 6.07) is 7.40. The molecule has 0 saturated heterocycles. The van der Waals surface area contributed by atoms with E-state index in [1.54, 1.807) is 6.20 Å². The Morgan fingerprint density at radius 1 is 1.40 bits per heavy atom. The Morgan fingerprint density at radius 2 is 2.20 bits per heavy atom. The Labute approximate surface area is 94.9 Å². The molecule has 0 fully saturated rings. The molecule has 0 saturated carbocycles. The molecule has 1 aromatic heterocycles. The Bertz CT molecular complexity index is 467. The third-order valence-electron chi connectivity index (χ3n) is 1.84. The number of anilines is 1. The first-order chi connectivity index (χ1) is 7.27. The van der Waals surface area contributed by atoms with Gasteiger partial charge in [0.2, 0.25) is 0 Å². The van der Waals surface area contributed by atoms with E-state index in [4.69, 9.17) is 0 Å². The van der Waals surface area contributed by atoms with Crippen LogP contribution in [-0.4, -0.2) is 15.9 Å². The van der Waals surface area contributed by atoms with Gasteiger partial charge in [-0.25, -0.2) is 4.98 Å². The SMILES string of the molecule is O=C(Nc1ccccc1Br)c1ncc[nH]1. The van der Waals surface area contributed by atoms with E-state index in [1.165, 1.54) is 6.20 Å². The van der Waals surface area contributed by atoms with E-state index in [9.17, 15) is 4.79 Å². The van der Waals surface area contributed by atoms with Crippen LogP contribution in [0.1, 0.15) is 10.6 Å². The van der Waals surface area contributed by atoms with E-state index in [2.05, 4.69) is 31.2 Å². The monoisotopic (exact) mass is 265 g/mol. The highest BCUT2D eigenvalue weighted by Crippen LogP contribution is 2.21. The van der Waals surface area contributed by atoms with E-state index in [1.807, 2.05) is 24.3 Å². The highest BCUT2D eigenvalue weighted by Gasteiger charge is 2.09. The molecule has 1 aromatic carbocycles. The van der Waals surface area contributed by atoms with Crippen molar-refractivity contribution in [3.63, 3.8) is 0 Å². The summed E-state index contributed by atoms with van der Waals surface area (Å²) in [5.74, 6) is 0.0395. The molecular weight excluding hydrogens is 258 g/mol. The van der Waals surface area contributed by atoms with Gasteiger partial charge in [0.15, 0.2) is 5.82 Å². The first kappa shape index (κ1) is 9.92. The molecular formula is C10H8BrN3O. The fraction of sp³-hybridized carbons (Fsp3) is 0. The summed E-state index contributed by atoms with van der Waals surface area (Å²) in [7, 11) is 0. The molecule has 0 aliphatic rings. The molecule has 4 nitrogen and oxygen atoms in total. The molecule has 2 rings (SSSR count). The number of hydrogen-bond donors (Lipinski definition) is 2. The Morgan fingerprint density at radius 3 is 2.87 bits per heavy atom. The number of aromatic nitrogens is 2. The van der Waals surface area contributed by atoms with Crippen LogP contribution >= 0.6 is 15.9 Å². The predicted octanol–water partition coefficient (Wildman–Crippen LogP) is 2.42. The Kier molecular flexibility index (Phi) is 2.82. The number of benzene rings is 1. The van der Waals surface area contributed by atoms with E-state index in [-0.39, 0.29) is 5.91 Å². The van der Waals surface area contributed by atoms with E-state index < -0.39 is 0 Å². The standard InChI is InChI=1S/C10H8BrN3O/c11-7-3-1-2-4-8(7)14-10(15)9-12-5-6-13-9/h1-6H,(H,12,13)(H,14,15). The second-order valence-electron chi connectivity index (χ2n) is 2.87. The lowest BCUT2D eigenvalue weighted by molar-refractivity contribution is 0.101. The van der Waals surface area contributed by atoms with Crippen LogP contribution in [0.2, 0.25) is 0 Å². The fourth-order valence-electron chi connectivity index (χ4n) is 1.13. The van der Waals surface area contributed by atoms with Crippen molar-refractivity contribution in [1.82, 2.24) is 9.97 Å². The summed E-state index contributed by atoms with van der Waals surface area (Å²) < 4.78 is 0.838. The molecule has 2 aromatic rings. The number of rotatable bonds is 2. The maximum Gasteiger partial charge on any atom is 0.291 e. The molecule has 0 aliphatic heterocycles. The number of imidazole rings is 1. The number of carbonyl (C=O) groups excluding carboxylic acids is 1. The first-order valence-electron chi connectivity index (χ1n) is 4.32.